The molecule has 5 nitrogen and oxygen atoms in total. The molecule has 1 aromatic rings. The number of anilines is 1. The third kappa shape index (κ3) is 3.70. The maximum atomic E-state index is 12.7. The predicted octanol–water partition coefficient (Wildman–Crippen LogP) is 2.29. The van der Waals surface area contributed by atoms with Crippen molar-refractivity contribution >= 4 is 29.3 Å². The lowest BCUT2D eigenvalue weighted by Crippen LogP contribution is -2.50. The smallest absolute Gasteiger partial charge is 0.254 e. The second kappa shape index (κ2) is 6.93. The highest BCUT2D eigenvalue weighted by atomic mass is 32.2. The van der Waals surface area contributed by atoms with Crippen molar-refractivity contribution in [1.82, 2.24) is 9.80 Å². The molecule has 1 fully saturated rings. The summed E-state index contributed by atoms with van der Waals surface area (Å²) in [5.41, 5.74) is 1.42. The van der Waals surface area contributed by atoms with E-state index >= 15 is 0 Å². The SMILES string of the molecule is CC(C)N1CCN(C(=O)c2ccc3c(c2)NC(=O)CCS3)CC1. The fraction of sp³-hybridized carbons (Fsp3) is 0.529. The third-order valence-corrected chi connectivity index (χ3v) is 5.49. The van der Waals surface area contributed by atoms with Gasteiger partial charge < -0.3 is 10.2 Å². The number of piperazine rings is 1. The summed E-state index contributed by atoms with van der Waals surface area (Å²) in [5, 5.41) is 2.90. The Labute approximate surface area is 141 Å². The Bertz CT molecular complexity index is 610. The first-order valence-electron chi connectivity index (χ1n) is 8.14. The largest absolute Gasteiger partial charge is 0.336 e. The number of carbonyl (C=O) groups excluding carboxylic acids is 2. The van der Waals surface area contributed by atoms with Gasteiger partial charge in [0.1, 0.15) is 0 Å². The summed E-state index contributed by atoms with van der Waals surface area (Å²) in [4.78, 5) is 29.8. The van der Waals surface area contributed by atoms with Crippen molar-refractivity contribution in [3.8, 4) is 0 Å². The minimum Gasteiger partial charge on any atom is -0.336 e. The molecule has 23 heavy (non-hydrogen) atoms. The number of nitrogens with zero attached hydrogens (tertiary/aromatic N) is 2. The number of thioether (sulfide) groups is 1. The molecule has 2 heterocycles. The minimum atomic E-state index is 0.0198. The Morgan fingerprint density at radius 2 is 1.96 bits per heavy atom. The minimum absolute atomic E-state index is 0.0198. The van der Waals surface area contributed by atoms with Crippen LogP contribution in [0, 0.1) is 0 Å². The first kappa shape index (κ1) is 16.3. The van der Waals surface area contributed by atoms with E-state index in [-0.39, 0.29) is 11.8 Å². The normalized spacial score (nSPS) is 19.3. The maximum Gasteiger partial charge on any atom is 0.254 e. The van der Waals surface area contributed by atoms with E-state index in [0.717, 1.165) is 42.5 Å². The highest BCUT2D eigenvalue weighted by molar-refractivity contribution is 7.99. The number of hydrogen-bond acceptors (Lipinski definition) is 4. The summed E-state index contributed by atoms with van der Waals surface area (Å²) in [5.74, 6) is 0.856. The van der Waals surface area contributed by atoms with Crippen LogP contribution in [0.1, 0.15) is 30.6 Å². The van der Waals surface area contributed by atoms with Crippen molar-refractivity contribution in [2.24, 2.45) is 0 Å². The molecule has 124 valence electrons. The fourth-order valence-corrected chi connectivity index (χ4v) is 3.91. The van der Waals surface area contributed by atoms with E-state index in [9.17, 15) is 9.59 Å². The van der Waals surface area contributed by atoms with E-state index in [1.807, 2.05) is 23.1 Å². The highest BCUT2D eigenvalue weighted by Crippen LogP contribution is 2.31. The van der Waals surface area contributed by atoms with Crippen molar-refractivity contribution in [2.75, 3.05) is 37.2 Å². The summed E-state index contributed by atoms with van der Waals surface area (Å²) in [6.45, 7) is 7.72. The highest BCUT2D eigenvalue weighted by Gasteiger charge is 2.24. The molecule has 0 radical (unpaired) electrons. The Hall–Kier alpha value is -1.53. The zero-order valence-electron chi connectivity index (χ0n) is 13.7. The standard InChI is InChI=1S/C17H23N3O2S/c1-12(2)19-6-8-20(9-7-19)17(22)13-3-4-15-14(11-13)18-16(21)5-10-23-15/h3-4,11-12H,5-10H2,1-2H3,(H,18,21). The molecule has 1 aromatic carbocycles. The fourth-order valence-electron chi connectivity index (χ4n) is 2.98. The molecule has 2 aliphatic heterocycles. The molecule has 0 bridgehead atoms. The van der Waals surface area contributed by atoms with Crippen LogP contribution < -0.4 is 5.32 Å². The van der Waals surface area contributed by atoms with E-state index in [1.165, 1.54) is 0 Å². The zero-order valence-corrected chi connectivity index (χ0v) is 14.5. The number of nitrogens with one attached hydrogen (secondary N) is 1. The van der Waals surface area contributed by atoms with Crippen molar-refractivity contribution in [3.63, 3.8) is 0 Å². The van der Waals surface area contributed by atoms with Crippen LogP contribution in [0.4, 0.5) is 5.69 Å². The van der Waals surface area contributed by atoms with E-state index < -0.39 is 0 Å². The molecule has 6 heteroatoms. The van der Waals surface area contributed by atoms with Crippen LogP contribution in [0.2, 0.25) is 0 Å². The molecule has 1 saturated heterocycles. The average Bonchev–Trinajstić information content (AvgIpc) is 2.74. The van der Waals surface area contributed by atoms with Crippen LogP contribution in [0.25, 0.3) is 0 Å². The Morgan fingerprint density at radius 3 is 2.65 bits per heavy atom. The van der Waals surface area contributed by atoms with Gasteiger partial charge in [-0.3, -0.25) is 14.5 Å². The van der Waals surface area contributed by atoms with Crippen molar-refractivity contribution in [1.29, 1.82) is 0 Å². The van der Waals surface area contributed by atoms with Crippen molar-refractivity contribution < 1.29 is 9.59 Å². The van der Waals surface area contributed by atoms with E-state index in [2.05, 4.69) is 24.1 Å². The van der Waals surface area contributed by atoms with Crippen molar-refractivity contribution in [2.45, 2.75) is 31.2 Å². The molecular formula is C17H23N3O2S. The second-order valence-corrected chi connectivity index (χ2v) is 7.42. The molecule has 0 spiro atoms. The van der Waals surface area contributed by atoms with Crippen LogP contribution in [0.3, 0.4) is 0 Å². The lowest BCUT2D eigenvalue weighted by atomic mass is 10.1. The van der Waals surface area contributed by atoms with Gasteiger partial charge in [0.15, 0.2) is 0 Å². The average molecular weight is 333 g/mol. The quantitative estimate of drug-likeness (QED) is 0.902. The van der Waals surface area contributed by atoms with Gasteiger partial charge in [-0.05, 0) is 32.0 Å². The number of rotatable bonds is 2. The lowest BCUT2D eigenvalue weighted by molar-refractivity contribution is -0.115. The van der Waals surface area contributed by atoms with E-state index in [4.69, 9.17) is 0 Å². The van der Waals surface area contributed by atoms with Gasteiger partial charge in [-0.15, -0.1) is 11.8 Å². The Morgan fingerprint density at radius 1 is 1.22 bits per heavy atom. The van der Waals surface area contributed by atoms with Gasteiger partial charge >= 0.3 is 0 Å². The van der Waals surface area contributed by atoms with E-state index in [1.54, 1.807) is 11.8 Å². The van der Waals surface area contributed by atoms with Gasteiger partial charge in [0.2, 0.25) is 5.91 Å². The summed E-state index contributed by atoms with van der Waals surface area (Å²) in [6, 6.07) is 6.17. The molecule has 0 saturated carbocycles. The first-order valence-corrected chi connectivity index (χ1v) is 9.13. The van der Waals surface area contributed by atoms with Gasteiger partial charge in [0.25, 0.3) is 5.91 Å². The van der Waals surface area contributed by atoms with Crippen LogP contribution in [-0.4, -0.2) is 59.6 Å². The predicted molar refractivity (Wildman–Crippen MR) is 93.0 cm³/mol. The molecule has 0 atom stereocenters. The monoisotopic (exact) mass is 333 g/mol. The third-order valence-electron chi connectivity index (χ3n) is 4.42. The molecule has 3 rings (SSSR count). The van der Waals surface area contributed by atoms with Crippen LogP contribution >= 0.6 is 11.8 Å². The second-order valence-electron chi connectivity index (χ2n) is 6.28. The Kier molecular flexibility index (Phi) is 4.92. The number of fused-ring (bicyclic) bond motifs is 1. The van der Waals surface area contributed by atoms with E-state index in [0.29, 0.717) is 18.0 Å². The van der Waals surface area contributed by atoms with Gasteiger partial charge in [-0.2, -0.15) is 0 Å². The number of hydrogen-bond donors (Lipinski definition) is 1. The summed E-state index contributed by atoms with van der Waals surface area (Å²) >= 11 is 1.66. The summed E-state index contributed by atoms with van der Waals surface area (Å²) in [6.07, 6.45) is 0.514. The zero-order chi connectivity index (χ0) is 16.4. The summed E-state index contributed by atoms with van der Waals surface area (Å²) in [7, 11) is 0. The molecule has 0 aliphatic carbocycles. The van der Waals surface area contributed by atoms with Crippen molar-refractivity contribution in [3.05, 3.63) is 23.8 Å². The molecular weight excluding hydrogens is 310 g/mol. The molecule has 1 N–H and O–H groups in total. The number of carbonyl (C=O) groups is 2. The van der Waals surface area contributed by atoms with Crippen LogP contribution in [0.5, 0.6) is 0 Å². The van der Waals surface area contributed by atoms with Crippen LogP contribution in [0.15, 0.2) is 23.1 Å². The first-order chi connectivity index (χ1) is 11.0. The molecule has 2 aliphatic rings. The number of benzene rings is 1. The maximum absolute atomic E-state index is 12.7. The lowest BCUT2D eigenvalue weighted by Gasteiger charge is -2.37. The molecule has 0 unspecified atom stereocenters. The molecule has 0 aromatic heterocycles. The van der Waals surface area contributed by atoms with Gasteiger partial charge in [0.05, 0.1) is 5.69 Å². The topological polar surface area (TPSA) is 52.6 Å². The van der Waals surface area contributed by atoms with Gasteiger partial charge in [0, 0.05) is 54.9 Å². The summed E-state index contributed by atoms with van der Waals surface area (Å²) < 4.78 is 0. The molecule has 2 amide bonds. The Balaban J connectivity index is 1.72. The number of amides is 2. The van der Waals surface area contributed by atoms with Gasteiger partial charge in [-0.25, -0.2) is 0 Å². The van der Waals surface area contributed by atoms with Crippen LogP contribution in [-0.2, 0) is 4.79 Å². The van der Waals surface area contributed by atoms with Gasteiger partial charge in [-0.1, -0.05) is 0 Å².